The Bertz CT molecular complexity index is 354. The molecule has 1 aliphatic carbocycles. The van der Waals surface area contributed by atoms with Gasteiger partial charge in [-0.25, -0.2) is 0 Å². The fourth-order valence-electron chi connectivity index (χ4n) is 0.928. The Morgan fingerprint density at radius 1 is 0.929 bits per heavy atom. The number of hydrogen-bond acceptors (Lipinski definition) is 2. The zero-order valence-corrected chi connectivity index (χ0v) is 10.1. The summed E-state index contributed by atoms with van der Waals surface area (Å²) in [5, 5.41) is -0.944. The van der Waals surface area contributed by atoms with E-state index in [4.69, 9.17) is 58.0 Å². The van der Waals surface area contributed by atoms with Crippen molar-refractivity contribution in [3.05, 3.63) is 19.6 Å². The second-order valence-corrected chi connectivity index (χ2v) is 4.51. The van der Waals surface area contributed by atoms with Crippen LogP contribution in [0.15, 0.2) is 19.6 Å². The minimum absolute atomic E-state index is 0.267. The summed E-state index contributed by atoms with van der Waals surface area (Å²) in [6.07, 6.45) is 0. The second-order valence-electron chi connectivity index (χ2n) is 2.40. The van der Waals surface area contributed by atoms with Crippen LogP contribution < -0.4 is 0 Å². The zero-order valence-electron chi connectivity index (χ0n) is 6.28. The molecular weight excluding hydrogens is 293 g/mol. The summed E-state index contributed by atoms with van der Waals surface area (Å²) in [6.45, 7) is 0. The predicted octanol–water partition coefficient (Wildman–Crippen LogP) is 3.33. The van der Waals surface area contributed by atoms with Crippen molar-refractivity contribution in [3.8, 4) is 0 Å². The molecule has 0 spiro atoms. The third-order valence-corrected chi connectivity index (χ3v) is 3.44. The minimum atomic E-state index is -1.29. The van der Waals surface area contributed by atoms with Crippen molar-refractivity contribution in [2.24, 2.45) is 5.92 Å². The summed E-state index contributed by atoms with van der Waals surface area (Å²) >= 11 is 27.2. The normalized spacial score (nSPS) is 18.1. The van der Waals surface area contributed by atoms with Gasteiger partial charge in [-0.3, -0.25) is 9.59 Å². The van der Waals surface area contributed by atoms with Gasteiger partial charge in [-0.15, -0.1) is 0 Å². The lowest BCUT2D eigenvalue weighted by atomic mass is 10.1. The number of halogens is 5. The Balaban J connectivity index is 3.17. The molecule has 0 atom stereocenters. The Labute approximate surface area is 104 Å². The molecule has 0 aliphatic heterocycles. The molecule has 2 nitrogen and oxygen atoms in total. The summed E-state index contributed by atoms with van der Waals surface area (Å²) < 4.78 is -0.353. The van der Waals surface area contributed by atoms with Gasteiger partial charge in [-0.1, -0.05) is 58.0 Å². The van der Waals surface area contributed by atoms with Crippen LogP contribution >= 0.6 is 58.0 Å². The summed E-state index contributed by atoms with van der Waals surface area (Å²) in [5.41, 5.74) is 0. The van der Waals surface area contributed by atoms with E-state index in [0.29, 0.717) is 0 Å². The molecule has 76 valence electrons. The first kappa shape index (κ1) is 12.3. The molecule has 0 amide bonds. The van der Waals surface area contributed by atoms with Crippen LogP contribution in [0.3, 0.4) is 0 Å². The Morgan fingerprint density at radius 2 is 1.29 bits per heavy atom. The average Bonchev–Trinajstić information content (AvgIpc) is 2.30. The van der Waals surface area contributed by atoms with Crippen LogP contribution in [0.4, 0.5) is 0 Å². The first-order valence-corrected chi connectivity index (χ1v) is 5.11. The van der Waals surface area contributed by atoms with Crippen LogP contribution in [-0.2, 0) is 9.59 Å². The van der Waals surface area contributed by atoms with E-state index < -0.39 is 17.5 Å². The molecule has 0 N–H and O–H groups in total. The number of ketones is 2. The maximum absolute atomic E-state index is 11.3. The maximum Gasteiger partial charge on any atom is 0.192 e. The fraction of sp³-hybridized carbons (Fsp3) is 0.143. The van der Waals surface area contributed by atoms with Crippen LogP contribution in [-0.4, -0.2) is 11.6 Å². The highest BCUT2D eigenvalue weighted by Gasteiger charge is 2.42. The first-order chi connectivity index (χ1) is 6.37. The largest absolute Gasteiger partial charge is 0.292 e. The Kier molecular flexibility index (Phi) is 3.89. The lowest BCUT2D eigenvalue weighted by Gasteiger charge is -2.04. The Hall–Kier alpha value is 0.270. The molecule has 0 unspecified atom stereocenters. The number of allylic oxidation sites excluding steroid dienone is 3. The molecule has 1 aliphatic rings. The molecule has 0 aromatic rings. The highest BCUT2D eigenvalue weighted by Crippen LogP contribution is 2.38. The second kappa shape index (κ2) is 4.42. The molecule has 0 saturated carbocycles. The quantitative estimate of drug-likeness (QED) is 0.695. The smallest absolute Gasteiger partial charge is 0.192 e. The number of rotatable bonds is 1. The van der Waals surface area contributed by atoms with E-state index in [9.17, 15) is 9.59 Å². The van der Waals surface area contributed by atoms with Crippen LogP contribution in [0.25, 0.3) is 0 Å². The van der Waals surface area contributed by atoms with Crippen LogP contribution in [0.1, 0.15) is 0 Å². The van der Waals surface area contributed by atoms with Gasteiger partial charge < -0.3 is 0 Å². The molecule has 0 aromatic heterocycles. The SMILES string of the molecule is O=C1C(Cl)=C(Cl)C(=O)C1C(Cl)=C(Cl)Cl. The van der Waals surface area contributed by atoms with Gasteiger partial charge in [0.1, 0.15) is 20.5 Å². The molecule has 0 bridgehead atoms. The molecule has 7 heteroatoms. The van der Waals surface area contributed by atoms with E-state index in [2.05, 4.69) is 0 Å². The zero-order chi connectivity index (χ0) is 11.0. The van der Waals surface area contributed by atoms with Crippen molar-refractivity contribution in [1.82, 2.24) is 0 Å². The standard InChI is InChI=1S/C7HCl5O2/c8-2(7(11)12)1-5(13)3(9)4(10)6(1)14/h1H. The van der Waals surface area contributed by atoms with E-state index in [1.54, 1.807) is 0 Å². The van der Waals surface area contributed by atoms with Gasteiger partial charge in [-0.2, -0.15) is 0 Å². The molecule has 1 rings (SSSR count). The van der Waals surface area contributed by atoms with Gasteiger partial charge >= 0.3 is 0 Å². The van der Waals surface area contributed by atoms with Gasteiger partial charge in [0.2, 0.25) is 0 Å². The predicted molar refractivity (Wildman–Crippen MR) is 56.8 cm³/mol. The van der Waals surface area contributed by atoms with E-state index in [1.807, 2.05) is 0 Å². The molecule has 14 heavy (non-hydrogen) atoms. The molecule has 0 aromatic carbocycles. The van der Waals surface area contributed by atoms with Gasteiger partial charge in [0.15, 0.2) is 11.6 Å². The molecule has 0 saturated heterocycles. The Morgan fingerprint density at radius 3 is 1.57 bits per heavy atom. The van der Waals surface area contributed by atoms with Gasteiger partial charge in [-0.05, 0) is 0 Å². The van der Waals surface area contributed by atoms with Gasteiger partial charge in [0.05, 0.1) is 5.03 Å². The van der Waals surface area contributed by atoms with Crippen LogP contribution in [0, 0.1) is 5.92 Å². The summed E-state index contributed by atoms with van der Waals surface area (Å²) in [7, 11) is 0. The van der Waals surface area contributed by atoms with Crippen molar-refractivity contribution in [1.29, 1.82) is 0 Å². The van der Waals surface area contributed by atoms with E-state index in [0.717, 1.165) is 0 Å². The van der Waals surface area contributed by atoms with Crippen molar-refractivity contribution in [3.63, 3.8) is 0 Å². The fourth-order valence-corrected chi connectivity index (χ4v) is 1.75. The minimum Gasteiger partial charge on any atom is -0.292 e. The van der Waals surface area contributed by atoms with Gasteiger partial charge in [0, 0.05) is 0 Å². The lowest BCUT2D eigenvalue weighted by Crippen LogP contribution is -2.17. The molecule has 0 heterocycles. The first-order valence-electron chi connectivity index (χ1n) is 3.22. The van der Waals surface area contributed by atoms with Crippen LogP contribution in [0.2, 0.25) is 0 Å². The van der Waals surface area contributed by atoms with E-state index >= 15 is 0 Å². The van der Waals surface area contributed by atoms with Crippen molar-refractivity contribution in [2.75, 3.05) is 0 Å². The van der Waals surface area contributed by atoms with E-state index in [1.165, 1.54) is 0 Å². The molecule has 0 radical (unpaired) electrons. The topological polar surface area (TPSA) is 34.1 Å². The number of carbonyl (C=O) groups excluding carboxylic acids is 2. The highest BCUT2D eigenvalue weighted by atomic mass is 35.5. The highest BCUT2D eigenvalue weighted by molar-refractivity contribution is 6.64. The van der Waals surface area contributed by atoms with Crippen molar-refractivity contribution < 1.29 is 9.59 Å². The van der Waals surface area contributed by atoms with E-state index in [-0.39, 0.29) is 19.6 Å². The summed E-state index contributed by atoms with van der Waals surface area (Å²) in [5.74, 6) is -2.67. The summed E-state index contributed by atoms with van der Waals surface area (Å²) in [4.78, 5) is 22.7. The van der Waals surface area contributed by atoms with Crippen molar-refractivity contribution >= 4 is 69.6 Å². The van der Waals surface area contributed by atoms with Gasteiger partial charge in [0.25, 0.3) is 0 Å². The maximum atomic E-state index is 11.3. The summed E-state index contributed by atoms with van der Waals surface area (Å²) in [6, 6.07) is 0. The monoisotopic (exact) mass is 292 g/mol. The lowest BCUT2D eigenvalue weighted by molar-refractivity contribution is -0.124. The van der Waals surface area contributed by atoms with Crippen molar-refractivity contribution in [2.45, 2.75) is 0 Å². The third-order valence-electron chi connectivity index (χ3n) is 1.58. The number of carbonyl (C=O) groups is 2. The average molecular weight is 294 g/mol. The number of hydrogen-bond donors (Lipinski definition) is 0. The third kappa shape index (κ3) is 1.95. The molecular formula is C7HCl5O2. The number of Topliss-reactive ketones (excluding diaryl/α,β-unsaturated/α-hetero) is 2. The molecule has 0 fully saturated rings. The van der Waals surface area contributed by atoms with Crippen LogP contribution in [0.5, 0.6) is 0 Å².